The zero-order valence-corrected chi connectivity index (χ0v) is 21.7. The number of anilines is 1. The Morgan fingerprint density at radius 1 is 1.11 bits per heavy atom. The molecule has 2 aromatic heterocycles. The van der Waals surface area contributed by atoms with Gasteiger partial charge in [0.2, 0.25) is 0 Å². The quantitative estimate of drug-likeness (QED) is 0.419. The lowest BCUT2D eigenvalue weighted by Gasteiger charge is -2.39. The second kappa shape index (κ2) is 10.3. The maximum Gasteiger partial charge on any atom is 0.253 e. The summed E-state index contributed by atoms with van der Waals surface area (Å²) in [5, 5.41) is 13.7. The number of nitrogens with one attached hydrogen (secondary N) is 1. The molecule has 0 radical (unpaired) electrons. The molecule has 0 aliphatic carbocycles. The fraction of sp³-hybridized carbons (Fsp3) is 0.429. The van der Waals surface area contributed by atoms with Crippen LogP contribution in [0, 0.1) is 19.7 Å². The largest absolute Gasteiger partial charge is 0.376 e. The van der Waals surface area contributed by atoms with Crippen LogP contribution in [0.2, 0.25) is 0 Å². The summed E-state index contributed by atoms with van der Waals surface area (Å²) in [6.07, 6.45) is 2.06. The van der Waals surface area contributed by atoms with Gasteiger partial charge < -0.3 is 14.6 Å². The summed E-state index contributed by atoms with van der Waals surface area (Å²) < 4.78 is 21.1. The molecule has 6 rings (SSSR count). The first-order valence-electron chi connectivity index (χ1n) is 13.2. The summed E-state index contributed by atoms with van der Waals surface area (Å²) >= 11 is 0. The molecule has 2 atom stereocenters. The predicted molar refractivity (Wildman–Crippen MR) is 143 cm³/mol. The van der Waals surface area contributed by atoms with Gasteiger partial charge in [-0.3, -0.25) is 9.69 Å². The van der Waals surface area contributed by atoms with Gasteiger partial charge in [0.15, 0.2) is 5.82 Å². The molecule has 1 N–H and O–H groups in total. The van der Waals surface area contributed by atoms with Gasteiger partial charge in [-0.05, 0) is 84.0 Å². The number of nitrogens with zero attached hydrogens (tertiary/aromatic N) is 6. The number of hydrogen-bond acceptors (Lipinski definition) is 7. The van der Waals surface area contributed by atoms with Gasteiger partial charge in [-0.15, -0.1) is 5.10 Å². The van der Waals surface area contributed by atoms with Crippen molar-refractivity contribution in [1.29, 1.82) is 0 Å². The van der Waals surface area contributed by atoms with Gasteiger partial charge in [-0.1, -0.05) is 12.1 Å². The molecule has 0 spiro atoms. The number of tetrazole rings is 1. The van der Waals surface area contributed by atoms with Crippen molar-refractivity contribution in [1.82, 2.24) is 30.1 Å². The molecule has 2 fully saturated rings. The van der Waals surface area contributed by atoms with E-state index < -0.39 is 6.04 Å². The summed E-state index contributed by atoms with van der Waals surface area (Å²) in [4.78, 5) is 21.3. The smallest absolute Gasteiger partial charge is 0.253 e. The minimum Gasteiger partial charge on any atom is -0.376 e. The van der Waals surface area contributed by atoms with Gasteiger partial charge in [0.1, 0.15) is 11.9 Å². The maximum atomic E-state index is 13.6. The molecule has 0 bridgehead atoms. The van der Waals surface area contributed by atoms with Crippen molar-refractivity contribution in [2.75, 3.05) is 37.7 Å². The number of benzene rings is 2. The third-order valence-corrected chi connectivity index (χ3v) is 7.95. The predicted octanol–water partition coefficient (Wildman–Crippen LogP) is 3.36. The van der Waals surface area contributed by atoms with Crippen molar-refractivity contribution in [3.63, 3.8) is 0 Å². The first-order valence-corrected chi connectivity index (χ1v) is 13.2. The Morgan fingerprint density at radius 2 is 1.89 bits per heavy atom. The SMILES string of the molecule is Cc1ccc2cc([C@@H](c3nnnn3C[C@H]3CCCO3)N3CCN(c4ccc(F)cc4)CC3)c(=O)[nH]c2c1C. The first kappa shape index (κ1) is 24.7. The Balaban J connectivity index is 1.37. The van der Waals surface area contributed by atoms with E-state index in [0.29, 0.717) is 31.0 Å². The van der Waals surface area contributed by atoms with Gasteiger partial charge in [0, 0.05) is 44.0 Å². The van der Waals surface area contributed by atoms with E-state index in [9.17, 15) is 9.18 Å². The number of pyridine rings is 1. The van der Waals surface area contributed by atoms with Gasteiger partial charge in [0.05, 0.1) is 18.2 Å². The average molecular weight is 518 g/mol. The normalized spacial score (nSPS) is 19.3. The molecule has 2 aliphatic heterocycles. The minimum atomic E-state index is -0.420. The van der Waals surface area contributed by atoms with Crippen LogP contribution in [0.15, 0.2) is 47.3 Å². The molecule has 4 aromatic rings. The van der Waals surface area contributed by atoms with Crippen molar-refractivity contribution >= 4 is 16.6 Å². The van der Waals surface area contributed by atoms with Gasteiger partial charge in [-0.2, -0.15) is 0 Å². The van der Waals surface area contributed by atoms with Gasteiger partial charge >= 0.3 is 0 Å². The number of fused-ring (bicyclic) bond motifs is 1. The highest BCUT2D eigenvalue weighted by molar-refractivity contribution is 5.83. The summed E-state index contributed by atoms with van der Waals surface area (Å²) in [5.74, 6) is 0.399. The number of hydrogen-bond donors (Lipinski definition) is 1. The van der Waals surface area contributed by atoms with Crippen LogP contribution >= 0.6 is 0 Å². The van der Waals surface area contributed by atoms with Crippen LogP contribution in [0.5, 0.6) is 0 Å². The van der Waals surface area contributed by atoms with E-state index in [1.54, 1.807) is 4.68 Å². The van der Waals surface area contributed by atoms with E-state index in [4.69, 9.17) is 4.74 Å². The highest BCUT2D eigenvalue weighted by Crippen LogP contribution is 2.30. The molecule has 198 valence electrons. The Labute approximate surface area is 220 Å². The third-order valence-electron chi connectivity index (χ3n) is 7.95. The molecular formula is C28H32FN7O2. The maximum absolute atomic E-state index is 13.6. The van der Waals surface area contributed by atoms with Crippen LogP contribution in [0.3, 0.4) is 0 Å². The van der Waals surface area contributed by atoms with Crippen LogP contribution in [-0.4, -0.2) is 69.0 Å². The Bertz CT molecular complexity index is 1490. The summed E-state index contributed by atoms with van der Waals surface area (Å²) in [7, 11) is 0. The van der Waals surface area contributed by atoms with Crippen molar-refractivity contribution in [2.45, 2.75) is 45.4 Å². The highest BCUT2D eigenvalue weighted by Gasteiger charge is 2.33. The van der Waals surface area contributed by atoms with Crippen molar-refractivity contribution in [2.24, 2.45) is 0 Å². The van der Waals surface area contributed by atoms with Crippen LogP contribution in [0.25, 0.3) is 10.9 Å². The molecule has 0 amide bonds. The Kier molecular flexibility index (Phi) is 6.67. The molecule has 9 nitrogen and oxygen atoms in total. The Morgan fingerprint density at radius 3 is 2.63 bits per heavy atom. The highest BCUT2D eigenvalue weighted by atomic mass is 19.1. The lowest BCUT2D eigenvalue weighted by molar-refractivity contribution is 0.0906. The molecule has 2 aromatic carbocycles. The monoisotopic (exact) mass is 517 g/mol. The number of halogens is 1. The zero-order chi connectivity index (χ0) is 26.2. The van der Waals surface area contributed by atoms with Crippen LogP contribution < -0.4 is 10.5 Å². The van der Waals surface area contributed by atoms with E-state index in [2.05, 4.69) is 42.4 Å². The van der Waals surface area contributed by atoms with Crippen molar-refractivity contribution in [3.8, 4) is 0 Å². The fourth-order valence-corrected chi connectivity index (χ4v) is 5.65. The number of ether oxygens (including phenoxy) is 1. The molecule has 4 heterocycles. The van der Waals surface area contributed by atoms with Crippen molar-refractivity contribution < 1.29 is 9.13 Å². The summed E-state index contributed by atoms with van der Waals surface area (Å²) in [6, 6.07) is 12.3. The minimum absolute atomic E-state index is 0.0636. The molecule has 2 aliphatic rings. The van der Waals surface area contributed by atoms with E-state index in [1.807, 2.05) is 32.0 Å². The van der Waals surface area contributed by atoms with E-state index in [-0.39, 0.29) is 17.5 Å². The van der Waals surface area contributed by atoms with Gasteiger partial charge in [0.25, 0.3) is 5.56 Å². The Hall–Kier alpha value is -3.63. The second-order valence-electron chi connectivity index (χ2n) is 10.3. The zero-order valence-electron chi connectivity index (χ0n) is 21.7. The molecule has 10 heteroatoms. The summed E-state index contributed by atoms with van der Waals surface area (Å²) in [5.41, 5.74) is 4.54. The number of H-pyrrole nitrogens is 1. The number of piperazine rings is 1. The van der Waals surface area contributed by atoms with Crippen LogP contribution in [-0.2, 0) is 11.3 Å². The first-order chi connectivity index (χ1) is 18.5. The number of aromatic nitrogens is 5. The van der Waals surface area contributed by atoms with E-state index in [1.165, 1.54) is 12.1 Å². The summed E-state index contributed by atoms with van der Waals surface area (Å²) in [6.45, 7) is 8.24. The molecule has 2 saturated heterocycles. The van der Waals surface area contributed by atoms with E-state index in [0.717, 1.165) is 60.3 Å². The average Bonchev–Trinajstić information content (AvgIpc) is 3.61. The third kappa shape index (κ3) is 4.69. The number of aryl methyl sites for hydroxylation is 2. The number of rotatable bonds is 6. The topological polar surface area (TPSA) is 92.2 Å². The van der Waals surface area contributed by atoms with Crippen LogP contribution in [0.4, 0.5) is 10.1 Å². The fourth-order valence-electron chi connectivity index (χ4n) is 5.65. The molecule has 0 unspecified atom stereocenters. The van der Waals surface area contributed by atoms with Gasteiger partial charge in [-0.25, -0.2) is 9.07 Å². The second-order valence-corrected chi connectivity index (χ2v) is 10.3. The molecule has 38 heavy (non-hydrogen) atoms. The lowest BCUT2D eigenvalue weighted by Crippen LogP contribution is -2.49. The van der Waals surface area contributed by atoms with E-state index >= 15 is 0 Å². The standard InChI is InChI=1S/C28H32FN7O2/c1-18-5-6-20-16-24(28(37)30-25(20)19(18)2)26(27-31-32-33-36(27)17-23-4-3-15-38-23)35-13-11-34(12-14-35)22-9-7-21(29)8-10-22/h5-10,16,23,26H,3-4,11-15,17H2,1-2H3,(H,30,37)/t23-,26+/m1/s1. The molecular weight excluding hydrogens is 485 g/mol. The van der Waals surface area contributed by atoms with Crippen LogP contribution in [0.1, 0.15) is 41.4 Å². The van der Waals surface area contributed by atoms with Crippen molar-refractivity contribution in [3.05, 3.63) is 81.2 Å². The lowest BCUT2D eigenvalue weighted by atomic mass is 9.99. The number of aromatic amines is 1. The molecule has 0 saturated carbocycles.